The zero-order valence-corrected chi connectivity index (χ0v) is 52.5. The van der Waals surface area contributed by atoms with Crippen LogP contribution >= 0.6 is 7.82 Å². The predicted molar refractivity (Wildman–Crippen MR) is 339 cm³/mol. The number of esters is 2. The Bertz CT molecular complexity index is 1520. The van der Waals surface area contributed by atoms with Crippen molar-refractivity contribution >= 4 is 19.8 Å². The Balaban J connectivity index is 3.89. The van der Waals surface area contributed by atoms with Crippen molar-refractivity contribution in [3.8, 4) is 0 Å². The molecule has 0 aromatic rings. The van der Waals surface area contributed by atoms with Crippen LogP contribution in [-0.4, -0.2) is 49.3 Å². The molecule has 0 spiro atoms. The summed E-state index contributed by atoms with van der Waals surface area (Å²) in [5.74, 6) is -0.826. The second-order valence-electron chi connectivity index (χ2n) is 22.3. The average Bonchev–Trinajstić information content (AvgIpc) is 3.44. The molecule has 460 valence electrons. The van der Waals surface area contributed by atoms with Gasteiger partial charge in [0.15, 0.2) is 6.10 Å². The molecule has 0 saturated carbocycles. The van der Waals surface area contributed by atoms with Crippen LogP contribution in [0.3, 0.4) is 0 Å². The first kappa shape index (κ1) is 76.5. The smallest absolute Gasteiger partial charge is 0.462 e. The highest BCUT2D eigenvalue weighted by atomic mass is 31.2. The van der Waals surface area contributed by atoms with Gasteiger partial charge in [0.2, 0.25) is 0 Å². The summed E-state index contributed by atoms with van der Waals surface area (Å²) in [5.41, 5.74) is 5.40. The fourth-order valence-electron chi connectivity index (χ4n) is 9.70. The van der Waals surface area contributed by atoms with Crippen molar-refractivity contribution in [2.24, 2.45) is 5.73 Å². The van der Waals surface area contributed by atoms with E-state index >= 15 is 0 Å². The summed E-state index contributed by atoms with van der Waals surface area (Å²) in [6, 6.07) is 0. The Morgan fingerprint density at radius 3 is 1.04 bits per heavy atom. The second-order valence-corrected chi connectivity index (χ2v) is 23.8. The molecular weight excluding hydrogens is 1000 g/mol. The van der Waals surface area contributed by atoms with E-state index in [1.54, 1.807) is 0 Å². The maximum atomic E-state index is 12.7. The summed E-state index contributed by atoms with van der Waals surface area (Å²) in [7, 11) is -4.40. The maximum Gasteiger partial charge on any atom is 0.472 e. The molecule has 0 aliphatic rings. The second kappa shape index (κ2) is 64.6. The van der Waals surface area contributed by atoms with E-state index in [1.165, 1.54) is 205 Å². The Labute approximate surface area is 488 Å². The van der Waals surface area contributed by atoms with Crippen molar-refractivity contribution in [3.63, 3.8) is 0 Å². The normalized spacial score (nSPS) is 13.4. The zero-order valence-electron chi connectivity index (χ0n) is 51.6. The van der Waals surface area contributed by atoms with Gasteiger partial charge >= 0.3 is 19.8 Å². The fraction of sp³-hybridized carbons (Fsp3) is 0.797. The number of unbranched alkanes of at least 4 members (excludes halogenated alkanes) is 38. The first-order valence-corrected chi connectivity index (χ1v) is 34.9. The third kappa shape index (κ3) is 64.5. The fourth-order valence-corrected chi connectivity index (χ4v) is 10.5. The Kier molecular flexibility index (Phi) is 62.5. The van der Waals surface area contributed by atoms with E-state index in [2.05, 4.69) is 86.8 Å². The van der Waals surface area contributed by atoms with Gasteiger partial charge in [-0.05, 0) is 64.2 Å². The minimum Gasteiger partial charge on any atom is -0.462 e. The van der Waals surface area contributed by atoms with Gasteiger partial charge in [-0.2, -0.15) is 0 Å². The highest BCUT2D eigenvalue weighted by molar-refractivity contribution is 7.47. The van der Waals surface area contributed by atoms with Gasteiger partial charge in [0, 0.05) is 19.4 Å². The number of nitrogens with two attached hydrogens (primary N) is 1. The molecule has 2 unspecified atom stereocenters. The minimum atomic E-state index is -4.40. The van der Waals surface area contributed by atoms with Gasteiger partial charge in [-0.3, -0.25) is 18.6 Å². The number of rotatable bonds is 63. The molecule has 0 bridgehead atoms. The summed E-state index contributed by atoms with van der Waals surface area (Å²) < 4.78 is 33.1. The van der Waals surface area contributed by atoms with Crippen molar-refractivity contribution in [2.75, 3.05) is 26.4 Å². The molecule has 0 rings (SSSR count). The van der Waals surface area contributed by atoms with Gasteiger partial charge in [0.1, 0.15) is 6.61 Å². The average molecular weight is 1130 g/mol. The van der Waals surface area contributed by atoms with Crippen molar-refractivity contribution in [1.82, 2.24) is 0 Å². The molecule has 0 amide bonds. The van der Waals surface area contributed by atoms with Crippen LogP contribution < -0.4 is 5.73 Å². The van der Waals surface area contributed by atoms with E-state index < -0.39 is 26.5 Å². The van der Waals surface area contributed by atoms with Crippen LogP contribution in [0.4, 0.5) is 0 Å². The Hall–Kier alpha value is -2.55. The van der Waals surface area contributed by atoms with Gasteiger partial charge < -0.3 is 20.1 Å². The molecule has 0 heterocycles. The zero-order chi connectivity index (χ0) is 57.3. The lowest BCUT2D eigenvalue weighted by atomic mass is 10.0. The summed E-state index contributed by atoms with van der Waals surface area (Å²) in [5, 5.41) is 0. The van der Waals surface area contributed by atoms with Crippen LogP contribution in [0.25, 0.3) is 0 Å². The number of allylic oxidation sites excluding steroid dienone is 12. The molecule has 79 heavy (non-hydrogen) atoms. The molecule has 0 saturated heterocycles. The minimum absolute atomic E-state index is 0.0503. The van der Waals surface area contributed by atoms with Crippen LogP contribution in [-0.2, 0) is 32.7 Å². The van der Waals surface area contributed by atoms with Crippen LogP contribution in [0.1, 0.15) is 322 Å². The monoisotopic (exact) mass is 1130 g/mol. The molecule has 2 atom stereocenters. The first-order valence-electron chi connectivity index (χ1n) is 33.4. The van der Waals surface area contributed by atoms with Gasteiger partial charge in [-0.25, -0.2) is 4.57 Å². The van der Waals surface area contributed by atoms with Gasteiger partial charge in [0.05, 0.1) is 13.2 Å². The van der Waals surface area contributed by atoms with Gasteiger partial charge in [-0.1, -0.05) is 318 Å². The van der Waals surface area contributed by atoms with E-state index in [1.807, 2.05) is 0 Å². The number of ether oxygens (including phenoxy) is 2. The number of carbonyl (C=O) groups is 2. The summed E-state index contributed by atoms with van der Waals surface area (Å²) in [6.45, 7) is 3.67. The number of carbonyl (C=O) groups excluding carboxylic acids is 2. The van der Waals surface area contributed by atoms with Crippen molar-refractivity contribution in [2.45, 2.75) is 328 Å². The topological polar surface area (TPSA) is 134 Å². The Morgan fingerprint density at radius 2 is 0.696 bits per heavy atom. The maximum absolute atomic E-state index is 12.7. The van der Waals surface area contributed by atoms with E-state index in [0.717, 1.165) is 83.5 Å². The van der Waals surface area contributed by atoms with E-state index in [-0.39, 0.29) is 38.6 Å². The number of hydrogen-bond donors (Lipinski definition) is 2. The lowest BCUT2D eigenvalue weighted by Gasteiger charge is -2.19. The van der Waals surface area contributed by atoms with E-state index in [9.17, 15) is 19.0 Å². The summed E-state index contributed by atoms with van der Waals surface area (Å²) in [4.78, 5) is 35.3. The number of phosphoric ester groups is 1. The Morgan fingerprint density at radius 1 is 0.392 bits per heavy atom. The van der Waals surface area contributed by atoms with E-state index in [0.29, 0.717) is 6.42 Å². The molecular formula is C69H126NO8P. The van der Waals surface area contributed by atoms with Crippen molar-refractivity contribution < 1.29 is 37.6 Å². The quantitative estimate of drug-likeness (QED) is 0.0264. The highest BCUT2D eigenvalue weighted by Gasteiger charge is 2.26. The van der Waals surface area contributed by atoms with Crippen molar-refractivity contribution in [3.05, 3.63) is 72.9 Å². The molecule has 0 aliphatic heterocycles. The first-order chi connectivity index (χ1) is 38.8. The van der Waals surface area contributed by atoms with E-state index in [4.69, 9.17) is 24.3 Å². The highest BCUT2D eigenvalue weighted by Crippen LogP contribution is 2.43. The molecule has 0 aliphatic carbocycles. The molecule has 10 heteroatoms. The van der Waals surface area contributed by atoms with Crippen LogP contribution in [0.2, 0.25) is 0 Å². The van der Waals surface area contributed by atoms with Crippen LogP contribution in [0.15, 0.2) is 72.9 Å². The summed E-state index contributed by atoms with van der Waals surface area (Å²) >= 11 is 0. The SMILES string of the molecule is CC/C=C\C/C=C\C/C=C\C/C=C\C/C=C\C/C=C\CCCCCCCCCCC(=O)OC(COC(=O)CCCCCCCCCCCCCCCCCCCCCCCCCCCCCCCCC)COP(=O)(O)OCCN. The van der Waals surface area contributed by atoms with Gasteiger partial charge in [0.25, 0.3) is 0 Å². The third-order valence-corrected chi connectivity index (χ3v) is 15.6. The number of phosphoric acid groups is 1. The standard InChI is InChI=1S/C69H126NO8P/c1-3-5-7-9-11-13-15-17-19-21-23-25-27-29-31-32-33-34-36-37-39-41-43-45-47-49-51-53-55-57-59-61-68(71)75-65-67(66-77-79(73,74)76-64-63-70)78-69(72)62-60-58-56-54-52-50-48-46-44-42-40-38-35-30-28-26-24-22-20-18-16-14-12-10-8-6-4-2/h6,8,12,14,18,20,24,26,30,35,40,42,67H,3-5,7,9-11,13,15-17,19,21-23,25,27-29,31-34,36-39,41,43-66,70H2,1-2H3,(H,73,74)/b8-6-,14-12-,20-18-,26-24-,35-30-,42-40-. The number of hydrogen-bond acceptors (Lipinski definition) is 8. The predicted octanol–water partition coefficient (Wildman–Crippen LogP) is 21.6. The molecule has 0 aromatic carbocycles. The van der Waals surface area contributed by atoms with Crippen LogP contribution in [0.5, 0.6) is 0 Å². The molecule has 3 N–H and O–H groups in total. The van der Waals surface area contributed by atoms with Crippen LogP contribution in [0, 0.1) is 0 Å². The van der Waals surface area contributed by atoms with Crippen molar-refractivity contribution in [1.29, 1.82) is 0 Å². The largest absolute Gasteiger partial charge is 0.472 e. The summed E-state index contributed by atoms with van der Waals surface area (Å²) in [6.07, 6.45) is 84.2. The lowest BCUT2D eigenvalue weighted by molar-refractivity contribution is -0.161. The molecule has 0 radical (unpaired) electrons. The molecule has 9 nitrogen and oxygen atoms in total. The van der Waals surface area contributed by atoms with Gasteiger partial charge in [-0.15, -0.1) is 0 Å². The molecule has 0 fully saturated rings. The lowest BCUT2D eigenvalue weighted by Crippen LogP contribution is -2.29. The third-order valence-electron chi connectivity index (χ3n) is 14.6. The molecule has 0 aromatic heterocycles.